The number of aromatic nitrogens is 4. The number of unbranched alkanes of at least 4 members (excludes halogenated alkanes) is 1. The van der Waals surface area contributed by atoms with E-state index in [9.17, 15) is 4.79 Å². The molecule has 0 aliphatic heterocycles. The number of nitrogens with zero attached hydrogens (tertiary/aromatic N) is 4. The normalized spacial score (nSPS) is 12.3. The lowest BCUT2D eigenvalue weighted by Gasteiger charge is -2.17. The Hall–Kier alpha value is -2.54. The Balaban J connectivity index is 1.93. The van der Waals surface area contributed by atoms with Crippen LogP contribution in [0.5, 0.6) is 0 Å². The highest BCUT2D eigenvalue weighted by Gasteiger charge is 2.23. The molecule has 1 N–H and O–H groups in total. The van der Waals surface area contributed by atoms with Gasteiger partial charge in [0.05, 0.1) is 23.1 Å². The second-order valence-corrected chi connectivity index (χ2v) is 8.70. The van der Waals surface area contributed by atoms with Gasteiger partial charge in [0, 0.05) is 35.6 Å². The van der Waals surface area contributed by atoms with Crippen molar-refractivity contribution in [2.24, 2.45) is 0 Å². The van der Waals surface area contributed by atoms with Crippen LogP contribution in [0.1, 0.15) is 75.5 Å². The quantitative estimate of drug-likeness (QED) is 0.480. The molecule has 7 heteroatoms. The molecule has 0 aromatic carbocycles. The number of carbonyl (C=O) groups excluding carboxylic acids is 1. The number of rotatable bonds is 9. The Morgan fingerprint density at radius 3 is 2.67 bits per heavy atom. The number of hydrogen-bond donors (Lipinski definition) is 1. The van der Waals surface area contributed by atoms with Crippen LogP contribution in [0.15, 0.2) is 30.0 Å². The largest absolute Gasteiger partial charge is 0.349 e. The molecule has 3 rings (SSSR count). The fourth-order valence-electron chi connectivity index (χ4n) is 3.72. The van der Waals surface area contributed by atoms with Gasteiger partial charge in [-0.05, 0) is 39.7 Å². The summed E-state index contributed by atoms with van der Waals surface area (Å²) >= 11 is 1.54. The van der Waals surface area contributed by atoms with Gasteiger partial charge in [0.1, 0.15) is 10.7 Å². The molecule has 0 bridgehead atoms. The van der Waals surface area contributed by atoms with Crippen LogP contribution in [0.3, 0.4) is 0 Å². The monoisotopic (exact) mass is 425 g/mol. The summed E-state index contributed by atoms with van der Waals surface area (Å²) in [5.41, 5.74) is 4.27. The third kappa shape index (κ3) is 4.78. The van der Waals surface area contributed by atoms with E-state index in [2.05, 4.69) is 47.5 Å². The third-order valence-electron chi connectivity index (χ3n) is 5.34. The van der Waals surface area contributed by atoms with Gasteiger partial charge in [-0.25, -0.2) is 4.98 Å². The molecule has 1 unspecified atom stereocenters. The molecule has 0 spiro atoms. The average Bonchev–Trinajstić information content (AvgIpc) is 3.36. The molecule has 0 aliphatic carbocycles. The van der Waals surface area contributed by atoms with E-state index in [0.29, 0.717) is 0 Å². The van der Waals surface area contributed by atoms with Gasteiger partial charge >= 0.3 is 0 Å². The minimum absolute atomic E-state index is 0.000446. The molecular formula is C23H31N5OS. The Kier molecular flexibility index (Phi) is 7.37. The molecule has 1 amide bonds. The highest BCUT2D eigenvalue weighted by atomic mass is 32.1. The topological polar surface area (TPSA) is 72.7 Å². The molecule has 0 fully saturated rings. The number of carbonyl (C=O) groups is 1. The van der Waals surface area contributed by atoms with Crippen molar-refractivity contribution in [3.63, 3.8) is 0 Å². The zero-order valence-electron chi connectivity index (χ0n) is 18.5. The maximum atomic E-state index is 13.1. The smallest absolute Gasteiger partial charge is 0.253 e. The van der Waals surface area contributed by atoms with Gasteiger partial charge < -0.3 is 9.88 Å². The molecule has 30 heavy (non-hydrogen) atoms. The number of hydrogen-bond acceptors (Lipinski definition) is 5. The highest BCUT2D eigenvalue weighted by Crippen LogP contribution is 2.32. The Morgan fingerprint density at radius 2 is 2.03 bits per heavy atom. The summed E-state index contributed by atoms with van der Waals surface area (Å²) in [5, 5.41) is 6.08. The van der Waals surface area contributed by atoms with Crippen LogP contribution in [0.4, 0.5) is 0 Å². The van der Waals surface area contributed by atoms with Crippen molar-refractivity contribution < 1.29 is 4.79 Å². The number of thiazole rings is 1. The maximum Gasteiger partial charge on any atom is 0.253 e. The van der Waals surface area contributed by atoms with Crippen molar-refractivity contribution in [1.29, 1.82) is 0 Å². The van der Waals surface area contributed by atoms with Crippen LogP contribution in [0.25, 0.3) is 22.1 Å². The van der Waals surface area contributed by atoms with Crippen molar-refractivity contribution in [2.75, 3.05) is 0 Å². The fraction of sp³-hybridized carbons (Fsp3) is 0.478. The van der Waals surface area contributed by atoms with E-state index in [0.717, 1.165) is 59.0 Å². The van der Waals surface area contributed by atoms with Gasteiger partial charge in [0.2, 0.25) is 0 Å². The van der Waals surface area contributed by atoms with E-state index in [-0.39, 0.29) is 18.0 Å². The van der Waals surface area contributed by atoms with Crippen molar-refractivity contribution >= 4 is 17.2 Å². The number of amides is 1. The van der Waals surface area contributed by atoms with Gasteiger partial charge in [-0.2, -0.15) is 0 Å². The van der Waals surface area contributed by atoms with Gasteiger partial charge in [-0.3, -0.25) is 14.8 Å². The molecule has 0 radical (unpaired) electrons. The molecule has 160 valence electrons. The molecule has 6 nitrogen and oxygen atoms in total. The average molecular weight is 426 g/mol. The van der Waals surface area contributed by atoms with Crippen molar-refractivity contribution in [2.45, 2.75) is 72.4 Å². The first-order valence-corrected chi connectivity index (χ1v) is 11.6. The predicted octanol–water partition coefficient (Wildman–Crippen LogP) is 5.66. The van der Waals surface area contributed by atoms with Crippen LogP contribution < -0.4 is 5.32 Å². The second kappa shape index (κ2) is 9.98. The van der Waals surface area contributed by atoms with Gasteiger partial charge in [-0.15, -0.1) is 11.3 Å². The highest BCUT2D eigenvalue weighted by molar-refractivity contribution is 7.13. The molecule has 3 aromatic rings. The molecule has 0 saturated carbocycles. The SMILES string of the molecule is CCCCC(CC)NC(=O)c1cc(-c2csc(-c3cnccn3)n2)n(C(C)C)c1C. The zero-order chi connectivity index (χ0) is 21.7. The molecular weight excluding hydrogens is 394 g/mol. The standard InChI is InChI=1S/C23H31N5OS/c1-6-8-9-17(7-2)26-22(29)18-12-21(28(15(3)4)16(18)5)20-14-30-23(27-20)19-13-24-10-11-25-19/h10-15,17H,6-9H2,1-5H3,(H,26,29). The lowest BCUT2D eigenvalue weighted by molar-refractivity contribution is 0.0932. The van der Waals surface area contributed by atoms with E-state index < -0.39 is 0 Å². The summed E-state index contributed by atoms with van der Waals surface area (Å²) in [6.07, 6.45) is 9.26. The first-order valence-electron chi connectivity index (χ1n) is 10.7. The summed E-state index contributed by atoms with van der Waals surface area (Å²) in [7, 11) is 0. The van der Waals surface area contributed by atoms with Crippen molar-refractivity contribution in [1.82, 2.24) is 24.8 Å². The minimum Gasteiger partial charge on any atom is -0.349 e. The molecule has 3 aromatic heterocycles. The lowest BCUT2D eigenvalue weighted by atomic mass is 10.1. The van der Waals surface area contributed by atoms with Gasteiger partial charge in [0.25, 0.3) is 5.91 Å². The van der Waals surface area contributed by atoms with Crippen LogP contribution in [0, 0.1) is 6.92 Å². The molecule has 1 atom stereocenters. The first-order chi connectivity index (χ1) is 14.5. The summed E-state index contributed by atoms with van der Waals surface area (Å²) in [6.45, 7) is 10.6. The van der Waals surface area contributed by atoms with Gasteiger partial charge in [0.15, 0.2) is 0 Å². The predicted molar refractivity (Wildman–Crippen MR) is 123 cm³/mol. The Morgan fingerprint density at radius 1 is 1.23 bits per heavy atom. The molecule has 0 saturated heterocycles. The lowest BCUT2D eigenvalue weighted by Crippen LogP contribution is -2.34. The van der Waals surface area contributed by atoms with E-state index >= 15 is 0 Å². The summed E-state index contributed by atoms with van der Waals surface area (Å²) in [4.78, 5) is 26.4. The Labute approximate surface area is 182 Å². The number of nitrogens with one attached hydrogen (secondary N) is 1. The fourth-order valence-corrected chi connectivity index (χ4v) is 4.50. The third-order valence-corrected chi connectivity index (χ3v) is 6.20. The van der Waals surface area contributed by atoms with E-state index in [1.807, 2.05) is 18.4 Å². The molecule has 0 aliphatic rings. The summed E-state index contributed by atoms with van der Waals surface area (Å²) < 4.78 is 2.19. The van der Waals surface area contributed by atoms with E-state index in [4.69, 9.17) is 4.98 Å². The van der Waals surface area contributed by atoms with Crippen molar-refractivity contribution in [3.8, 4) is 22.1 Å². The first kappa shape index (κ1) is 22.2. The molecule has 3 heterocycles. The summed E-state index contributed by atoms with van der Waals surface area (Å²) in [6, 6.07) is 2.41. The van der Waals surface area contributed by atoms with E-state index in [1.54, 1.807) is 18.6 Å². The maximum absolute atomic E-state index is 13.1. The summed E-state index contributed by atoms with van der Waals surface area (Å²) in [5.74, 6) is 0.000446. The van der Waals surface area contributed by atoms with Crippen LogP contribution in [-0.2, 0) is 0 Å². The van der Waals surface area contributed by atoms with Crippen LogP contribution >= 0.6 is 11.3 Å². The van der Waals surface area contributed by atoms with Gasteiger partial charge in [-0.1, -0.05) is 26.7 Å². The van der Waals surface area contributed by atoms with E-state index in [1.165, 1.54) is 11.3 Å². The second-order valence-electron chi connectivity index (χ2n) is 7.84. The van der Waals surface area contributed by atoms with Crippen LogP contribution in [0.2, 0.25) is 0 Å². The zero-order valence-corrected chi connectivity index (χ0v) is 19.3. The Bertz CT molecular complexity index is 977. The van der Waals surface area contributed by atoms with Crippen LogP contribution in [-0.4, -0.2) is 31.5 Å². The minimum atomic E-state index is 0.000446. The van der Waals surface area contributed by atoms with Crippen molar-refractivity contribution in [3.05, 3.63) is 41.3 Å².